The lowest BCUT2D eigenvalue weighted by molar-refractivity contribution is -0.132. The minimum absolute atomic E-state index is 0.169. The number of carbonyl (C=O) groups excluding carboxylic acids is 1. The molecule has 1 saturated carbocycles. The Labute approximate surface area is 120 Å². The standard InChI is InChI=1S/C15H26N4O/c16-12-15(6-2-1-3-7-15)14(20)18-8-4-5-10-19-11-9-17-13-19/h9,11,13H,1-8,10,12,16H2,(H,18,20). The molecule has 2 rings (SSSR count). The normalized spacial score (nSPS) is 17.9. The zero-order valence-electron chi connectivity index (χ0n) is 12.2. The number of hydrogen-bond donors (Lipinski definition) is 2. The van der Waals surface area contributed by atoms with Crippen molar-refractivity contribution in [1.82, 2.24) is 14.9 Å². The summed E-state index contributed by atoms with van der Waals surface area (Å²) in [4.78, 5) is 16.3. The summed E-state index contributed by atoms with van der Waals surface area (Å²) in [6.45, 7) is 2.18. The average Bonchev–Trinajstić information content (AvgIpc) is 3.00. The number of hydrogen-bond acceptors (Lipinski definition) is 3. The number of nitrogens with one attached hydrogen (secondary N) is 1. The first-order chi connectivity index (χ1) is 9.77. The maximum atomic E-state index is 12.3. The van der Waals surface area contributed by atoms with Crippen LogP contribution in [0.2, 0.25) is 0 Å². The molecule has 0 radical (unpaired) electrons. The van der Waals surface area contributed by atoms with E-state index in [9.17, 15) is 4.79 Å². The quantitative estimate of drug-likeness (QED) is 0.745. The van der Waals surface area contributed by atoms with Crippen LogP contribution in [-0.2, 0) is 11.3 Å². The summed E-state index contributed by atoms with van der Waals surface area (Å²) < 4.78 is 2.06. The fourth-order valence-corrected chi connectivity index (χ4v) is 2.98. The number of aromatic nitrogens is 2. The Morgan fingerprint density at radius 1 is 1.30 bits per heavy atom. The molecule has 1 aliphatic rings. The van der Waals surface area contributed by atoms with Gasteiger partial charge in [-0.15, -0.1) is 0 Å². The largest absolute Gasteiger partial charge is 0.356 e. The molecule has 0 aromatic carbocycles. The second-order valence-corrected chi connectivity index (χ2v) is 5.81. The predicted octanol–water partition coefficient (Wildman–Crippen LogP) is 1.69. The van der Waals surface area contributed by atoms with Crippen LogP contribution in [-0.4, -0.2) is 28.5 Å². The van der Waals surface area contributed by atoms with Crippen LogP contribution in [0, 0.1) is 5.41 Å². The molecule has 0 saturated heterocycles. The summed E-state index contributed by atoms with van der Waals surface area (Å²) in [5, 5.41) is 3.08. The Morgan fingerprint density at radius 3 is 2.75 bits per heavy atom. The number of amides is 1. The van der Waals surface area contributed by atoms with Crippen molar-refractivity contribution in [3.63, 3.8) is 0 Å². The van der Waals surface area contributed by atoms with Crippen molar-refractivity contribution in [2.75, 3.05) is 13.1 Å². The first-order valence-corrected chi connectivity index (χ1v) is 7.71. The second kappa shape index (κ2) is 7.43. The second-order valence-electron chi connectivity index (χ2n) is 5.81. The lowest BCUT2D eigenvalue weighted by atomic mass is 9.73. The number of carbonyl (C=O) groups is 1. The minimum atomic E-state index is -0.289. The Balaban J connectivity index is 1.66. The molecule has 5 heteroatoms. The van der Waals surface area contributed by atoms with Gasteiger partial charge in [-0.2, -0.15) is 0 Å². The van der Waals surface area contributed by atoms with E-state index >= 15 is 0 Å². The fraction of sp³-hybridized carbons (Fsp3) is 0.733. The van der Waals surface area contributed by atoms with E-state index in [4.69, 9.17) is 5.73 Å². The highest BCUT2D eigenvalue weighted by atomic mass is 16.2. The fourth-order valence-electron chi connectivity index (χ4n) is 2.98. The van der Waals surface area contributed by atoms with Gasteiger partial charge in [0.2, 0.25) is 5.91 Å². The van der Waals surface area contributed by atoms with E-state index in [1.165, 1.54) is 6.42 Å². The third kappa shape index (κ3) is 3.82. The molecule has 0 aliphatic heterocycles. The number of unbranched alkanes of at least 4 members (excludes halogenated alkanes) is 1. The van der Waals surface area contributed by atoms with Gasteiger partial charge < -0.3 is 15.6 Å². The molecular formula is C15H26N4O. The zero-order chi connectivity index (χ0) is 14.3. The van der Waals surface area contributed by atoms with E-state index in [0.717, 1.165) is 51.6 Å². The van der Waals surface area contributed by atoms with E-state index in [0.29, 0.717) is 6.54 Å². The van der Waals surface area contributed by atoms with E-state index < -0.39 is 0 Å². The summed E-state index contributed by atoms with van der Waals surface area (Å²) in [5.74, 6) is 0.169. The van der Waals surface area contributed by atoms with Gasteiger partial charge in [-0.3, -0.25) is 4.79 Å². The van der Waals surface area contributed by atoms with Crippen LogP contribution in [0.25, 0.3) is 0 Å². The van der Waals surface area contributed by atoms with Crippen molar-refractivity contribution in [1.29, 1.82) is 0 Å². The SMILES string of the molecule is NCC1(C(=O)NCCCCn2ccnc2)CCCCC1. The van der Waals surface area contributed by atoms with Crippen LogP contribution in [0.4, 0.5) is 0 Å². The number of rotatable bonds is 7. The number of imidazole rings is 1. The first-order valence-electron chi connectivity index (χ1n) is 7.71. The molecule has 1 aromatic heterocycles. The van der Waals surface area contributed by atoms with Crippen molar-refractivity contribution in [2.45, 2.75) is 51.5 Å². The molecule has 3 N–H and O–H groups in total. The number of nitrogens with two attached hydrogens (primary N) is 1. The van der Waals surface area contributed by atoms with Crippen molar-refractivity contribution < 1.29 is 4.79 Å². The summed E-state index contributed by atoms with van der Waals surface area (Å²) in [6, 6.07) is 0. The maximum Gasteiger partial charge on any atom is 0.227 e. The van der Waals surface area contributed by atoms with Crippen LogP contribution in [0.1, 0.15) is 44.9 Å². The first kappa shape index (κ1) is 15.0. The van der Waals surface area contributed by atoms with Crippen LogP contribution in [0.3, 0.4) is 0 Å². The summed E-state index contributed by atoms with van der Waals surface area (Å²) in [7, 11) is 0. The molecule has 20 heavy (non-hydrogen) atoms. The molecular weight excluding hydrogens is 252 g/mol. The Hall–Kier alpha value is -1.36. The molecule has 1 amide bonds. The maximum absolute atomic E-state index is 12.3. The Kier molecular flexibility index (Phi) is 5.59. The predicted molar refractivity (Wildman–Crippen MR) is 79.0 cm³/mol. The molecule has 1 heterocycles. The molecule has 1 fully saturated rings. The van der Waals surface area contributed by atoms with Gasteiger partial charge in [0, 0.05) is 32.0 Å². The molecule has 0 atom stereocenters. The van der Waals surface area contributed by atoms with Crippen molar-refractivity contribution in [3.8, 4) is 0 Å². The minimum Gasteiger partial charge on any atom is -0.356 e. The highest BCUT2D eigenvalue weighted by Gasteiger charge is 2.37. The van der Waals surface area contributed by atoms with E-state index in [2.05, 4.69) is 14.9 Å². The van der Waals surface area contributed by atoms with Gasteiger partial charge in [0.05, 0.1) is 11.7 Å². The van der Waals surface area contributed by atoms with E-state index in [1.807, 2.05) is 12.5 Å². The molecule has 0 bridgehead atoms. The van der Waals surface area contributed by atoms with Crippen LogP contribution in [0.5, 0.6) is 0 Å². The lowest BCUT2D eigenvalue weighted by Crippen LogP contribution is -2.47. The van der Waals surface area contributed by atoms with Gasteiger partial charge in [0.25, 0.3) is 0 Å². The van der Waals surface area contributed by atoms with E-state index in [-0.39, 0.29) is 11.3 Å². The van der Waals surface area contributed by atoms with Gasteiger partial charge >= 0.3 is 0 Å². The monoisotopic (exact) mass is 278 g/mol. The lowest BCUT2D eigenvalue weighted by Gasteiger charge is -2.34. The summed E-state index contributed by atoms with van der Waals surface area (Å²) in [5.41, 5.74) is 5.57. The Bertz CT molecular complexity index is 396. The molecule has 0 unspecified atom stereocenters. The van der Waals surface area contributed by atoms with Crippen molar-refractivity contribution in [3.05, 3.63) is 18.7 Å². The molecule has 0 spiro atoms. The van der Waals surface area contributed by atoms with Crippen molar-refractivity contribution in [2.24, 2.45) is 11.1 Å². The van der Waals surface area contributed by atoms with Crippen LogP contribution in [0.15, 0.2) is 18.7 Å². The smallest absolute Gasteiger partial charge is 0.227 e. The molecule has 1 aromatic rings. The summed E-state index contributed by atoms with van der Waals surface area (Å²) >= 11 is 0. The summed E-state index contributed by atoms with van der Waals surface area (Å²) in [6.07, 6.45) is 13.0. The van der Waals surface area contributed by atoms with Crippen LogP contribution >= 0.6 is 0 Å². The molecule has 112 valence electrons. The zero-order valence-corrected chi connectivity index (χ0v) is 12.2. The number of nitrogens with zero attached hydrogens (tertiary/aromatic N) is 2. The molecule has 5 nitrogen and oxygen atoms in total. The van der Waals surface area contributed by atoms with Gasteiger partial charge in [0.1, 0.15) is 0 Å². The topological polar surface area (TPSA) is 72.9 Å². The highest BCUT2D eigenvalue weighted by Crippen LogP contribution is 2.35. The van der Waals surface area contributed by atoms with Gasteiger partial charge in [-0.1, -0.05) is 19.3 Å². The highest BCUT2D eigenvalue weighted by molar-refractivity contribution is 5.82. The van der Waals surface area contributed by atoms with E-state index in [1.54, 1.807) is 6.20 Å². The van der Waals surface area contributed by atoms with Gasteiger partial charge in [0.15, 0.2) is 0 Å². The van der Waals surface area contributed by atoms with Crippen LogP contribution < -0.4 is 11.1 Å². The third-order valence-electron chi connectivity index (χ3n) is 4.37. The van der Waals surface area contributed by atoms with Crippen molar-refractivity contribution >= 4 is 5.91 Å². The van der Waals surface area contributed by atoms with Gasteiger partial charge in [-0.25, -0.2) is 4.98 Å². The Morgan fingerprint density at radius 2 is 2.10 bits per heavy atom. The third-order valence-corrected chi connectivity index (χ3v) is 4.37. The number of aryl methyl sites for hydroxylation is 1. The van der Waals surface area contributed by atoms with Gasteiger partial charge in [-0.05, 0) is 25.7 Å². The average molecular weight is 278 g/mol. The molecule has 1 aliphatic carbocycles.